The molecule has 20 heavy (non-hydrogen) atoms. The number of ether oxygens (including phenoxy) is 2. The molecule has 0 aliphatic carbocycles. The summed E-state index contributed by atoms with van der Waals surface area (Å²) < 4.78 is 23.0. The van der Waals surface area contributed by atoms with E-state index in [-0.39, 0.29) is 5.91 Å². The number of methoxy groups -OCH3 is 2. The molecule has 0 spiro atoms. The molecule has 0 radical (unpaired) electrons. The molecule has 0 saturated carbocycles. The summed E-state index contributed by atoms with van der Waals surface area (Å²) in [5.41, 5.74) is 1.39. The monoisotopic (exact) mass is 281 g/mol. The number of likely N-dealkylation sites (tertiary alicyclic amines) is 1. The summed E-state index contributed by atoms with van der Waals surface area (Å²) in [5.74, 6) is 1.10. The van der Waals surface area contributed by atoms with Crippen molar-refractivity contribution in [3.8, 4) is 11.5 Å². The summed E-state index contributed by atoms with van der Waals surface area (Å²) in [5, 5.41) is 0. The number of amides is 1. The Morgan fingerprint density at radius 2 is 2.05 bits per heavy atom. The molecule has 0 atom stereocenters. The third-order valence-electron chi connectivity index (χ3n) is 3.53. The molecule has 1 aliphatic rings. The average molecular weight is 281 g/mol. The Morgan fingerprint density at radius 3 is 2.55 bits per heavy atom. The van der Waals surface area contributed by atoms with E-state index < -0.39 is 6.67 Å². The molecule has 0 aromatic heterocycles. The van der Waals surface area contributed by atoms with Crippen molar-refractivity contribution in [1.29, 1.82) is 0 Å². The maximum atomic E-state index is 12.4. The molecule has 2 rings (SSSR count). The van der Waals surface area contributed by atoms with Gasteiger partial charge in [0.15, 0.2) is 11.5 Å². The van der Waals surface area contributed by atoms with Crippen LogP contribution in [0.15, 0.2) is 12.1 Å². The van der Waals surface area contributed by atoms with Gasteiger partial charge in [0.2, 0.25) is 0 Å². The van der Waals surface area contributed by atoms with Crippen molar-refractivity contribution in [1.82, 2.24) is 4.90 Å². The first-order valence-corrected chi connectivity index (χ1v) is 6.81. The molecule has 1 aromatic carbocycles. The van der Waals surface area contributed by atoms with Crippen LogP contribution in [-0.4, -0.2) is 44.8 Å². The van der Waals surface area contributed by atoms with Gasteiger partial charge in [-0.1, -0.05) is 0 Å². The van der Waals surface area contributed by atoms with E-state index in [0.29, 0.717) is 29.9 Å². The van der Waals surface area contributed by atoms with Crippen LogP contribution in [0, 0.1) is 0 Å². The van der Waals surface area contributed by atoms with Crippen LogP contribution in [0.3, 0.4) is 0 Å². The van der Waals surface area contributed by atoms with Gasteiger partial charge in [-0.25, -0.2) is 0 Å². The van der Waals surface area contributed by atoms with Gasteiger partial charge in [0.25, 0.3) is 5.91 Å². The number of aryl methyl sites for hydroxylation is 1. The van der Waals surface area contributed by atoms with Gasteiger partial charge in [-0.05, 0) is 37.0 Å². The Bertz CT molecular complexity index is 486. The SMILES string of the molecule is COc1cc(C(=O)N2CCC2)cc(CCCF)c1OC. The summed E-state index contributed by atoms with van der Waals surface area (Å²) in [6.07, 6.45) is 1.98. The number of hydrogen-bond donors (Lipinski definition) is 0. The molecule has 1 aliphatic heterocycles. The number of benzene rings is 1. The number of rotatable bonds is 6. The predicted octanol–water partition coefficient (Wildman–Crippen LogP) is 2.45. The highest BCUT2D eigenvalue weighted by atomic mass is 19.1. The molecule has 5 heteroatoms. The maximum absolute atomic E-state index is 12.4. The Labute approximate surface area is 118 Å². The van der Waals surface area contributed by atoms with Gasteiger partial charge in [-0.2, -0.15) is 0 Å². The molecule has 1 heterocycles. The largest absolute Gasteiger partial charge is 0.493 e. The van der Waals surface area contributed by atoms with Gasteiger partial charge in [0.05, 0.1) is 20.9 Å². The van der Waals surface area contributed by atoms with Gasteiger partial charge < -0.3 is 14.4 Å². The first-order chi connectivity index (χ1) is 9.71. The van der Waals surface area contributed by atoms with E-state index in [1.165, 1.54) is 7.11 Å². The number of carbonyl (C=O) groups excluding carboxylic acids is 1. The van der Waals surface area contributed by atoms with E-state index in [4.69, 9.17) is 9.47 Å². The average Bonchev–Trinajstić information content (AvgIpc) is 2.41. The second kappa shape index (κ2) is 6.59. The summed E-state index contributed by atoms with van der Waals surface area (Å²) >= 11 is 0. The molecular formula is C15H20FNO3. The second-order valence-electron chi connectivity index (χ2n) is 4.81. The highest BCUT2D eigenvalue weighted by molar-refractivity contribution is 5.95. The fraction of sp³-hybridized carbons (Fsp3) is 0.533. The van der Waals surface area contributed by atoms with Crippen molar-refractivity contribution in [2.75, 3.05) is 34.0 Å². The summed E-state index contributed by atoms with van der Waals surface area (Å²) in [6.45, 7) is 1.20. The van der Waals surface area contributed by atoms with Crippen molar-refractivity contribution in [2.45, 2.75) is 19.3 Å². The van der Waals surface area contributed by atoms with Crippen LogP contribution in [-0.2, 0) is 6.42 Å². The van der Waals surface area contributed by atoms with Gasteiger partial charge in [0, 0.05) is 18.7 Å². The van der Waals surface area contributed by atoms with Crippen LogP contribution in [0.2, 0.25) is 0 Å². The minimum Gasteiger partial charge on any atom is -0.493 e. The quantitative estimate of drug-likeness (QED) is 0.804. The standard InChI is InChI=1S/C15H20FNO3/c1-19-13-10-12(15(18)17-7-4-8-17)9-11(5-3-6-16)14(13)20-2/h9-10H,3-8H2,1-2H3. The summed E-state index contributed by atoms with van der Waals surface area (Å²) in [6, 6.07) is 3.48. The van der Waals surface area contributed by atoms with Crippen LogP contribution >= 0.6 is 0 Å². The van der Waals surface area contributed by atoms with Crippen LogP contribution in [0.5, 0.6) is 11.5 Å². The highest BCUT2D eigenvalue weighted by Crippen LogP contribution is 2.34. The normalized spacial score (nSPS) is 13.8. The van der Waals surface area contributed by atoms with E-state index in [1.54, 1.807) is 24.1 Å². The minimum atomic E-state index is -0.393. The zero-order chi connectivity index (χ0) is 14.5. The summed E-state index contributed by atoms with van der Waals surface area (Å²) in [7, 11) is 3.09. The molecule has 1 amide bonds. The lowest BCUT2D eigenvalue weighted by atomic mass is 10.0. The third-order valence-corrected chi connectivity index (χ3v) is 3.53. The Kier molecular flexibility index (Phi) is 4.82. The first kappa shape index (κ1) is 14.6. The molecule has 4 nitrogen and oxygen atoms in total. The predicted molar refractivity (Wildman–Crippen MR) is 74.4 cm³/mol. The lowest BCUT2D eigenvalue weighted by molar-refractivity contribution is 0.0651. The highest BCUT2D eigenvalue weighted by Gasteiger charge is 2.24. The third kappa shape index (κ3) is 2.86. The molecule has 1 fully saturated rings. The maximum Gasteiger partial charge on any atom is 0.254 e. The van der Waals surface area contributed by atoms with E-state index in [0.717, 1.165) is 25.1 Å². The van der Waals surface area contributed by atoms with Crippen molar-refractivity contribution in [3.63, 3.8) is 0 Å². The van der Waals surface area contributed by atoms with E-state index in [2.05, 4.69) is 0 Å². The lowest BCUT2D eigenvalue weighted by Crippen LogP contribution is -2.42. The molecule has 1 saturated heterocycles. The first-order valence-electron chi connectivity index (χ1n) is 6.81. The fourth-order valence-corrected chi connectivity index (χ4v) is 2.31. The molecule has 1 aromatic rings. The van der Waals surface area contributed by atoms with Gasteiger partial charge >= 0.3 is 0 Å². The number of nitrogens with zero attached hydrogens (tertiary/aromatic N) is 1. The molecule has 110 valence electrons. The fourth-order valence-electron chi connectivity index (χ4n) is 2.31. The second-order valence-corrected chi connectivity index (χ2v) is 4.81. The Hall–Kier alpha value is -1.78. The van der Waals surface area contributed by atoms with Crippen molar-refractivity contribution in [2.24, 2.45) is 0 Å². The number of alkyl halides is 1. The minimum absolute atomic E-state index is 0.00120. The van der Waals surface area contributed by atoms with Crippen molar-refractivity contribution in [3.05, 3.63) is 23.3 Å². The van der Waals surface area contributed by atoms with Gasteiger partial charge in [-0.15, -0.1) is 0 Å². The molecule has 0 N–H and O–H groups in total. The van der Waals surface area contributed by atoms with Crippen LogP contribution in [0.4, 0.5) is 4.39 Å². The Balaban J connectivity index is 2.34. The zero-order valence-electron chi connectivity index (χ0n) is 11.9. The summed E-state index contributed by atoms with van der Waals surface area (Å²) in [4.78, 5) is 14.1. The van der Waals surface area contributed by atoms with Crippen LogP contribution < -0.4 is 9.47 Å². The van der Waals surface area contributed by atoms with E-state index >= 15 is 0 Å². The number of hydrogen-bond acceptors (Lipinski definition) is 3. The van der Waals surface area contributed by atoms with Crippen molar-refractivity contribution < 1.29 is 18.7 Å². The van der Waals surface area contributed by atoms with Crippen LogP contribution in [0.25, 0.3) is 0 Å². The van der Waals surface area contributed by atoms with Gasteiger partial charge in [-0.3, -0.25) is 9.18 Å². The van der Waals surface area contributed by atoms with Crippen LogP contribution in [0.1, 0.15) is 28.8 Å². The number of carbonyl (C=O) groups is 1. The number of halogens is 1. The van der Waals surface area contributed by atoms with E-state index in [9.17, 15) is 9.18 Å². The molecule has 0 unspecified atom stereocenters. The Morgan fingerprint density at radius 1 is 1.30 bits per heavy atom. The smallest absolute Gasteiger partial charge is 0.254 e. The lowest BCUT2D eigenvalue weighted by Gasteiger charge is -2.31. The van der Waals surface area contributed by atoms with E-state index in [1.807, 2.05) is 0 Å². The topological polar surface area (TPSA) is 38.8 Å². The van der Waals surface area contributed by atoms with Gasteiger partial charge in [0.1, 0.15) is 0 Å². The molecular weight excluding hydrogens is 261 g/mol. The van der Waals surface area contributed by atoms with Crippen molar-refractivity contribution >= 4 is 5.91 Å². The molecule has 0 bridgehead atoms. The zero-order valence-corrected chi connectivity index (χ0v) is 11.9.